The number of aromatic nitrogens is 2. The van der Waals surface area contributed by atoms with Crippen LogP contribution < -0.4 is 14.8 Å². The van der Waals surface area contributed by atoms with Gasteiger partial charge >= 0.3 is 0 Å². The summed E-state index contributed by atoms with van der Waals surface area (Å²) in [6, 6.07) is 9.80. The highest BCUT2D eigenvalue weighted by Crippen LogP contribution is 2.31. The zero-order valence-electron chi connectivity index (χ0n) is 15.7. The van der Waals surface area contributed by atoms with Crippen molar-refractivity contribution in [3.63, 3.8) is 0 Å². The number of aryl methyl sites for hydroxylation is 3. The molecule has 0 aliphatic heterocycles. The van der Waals surface area contributed by atoms with Crippen LogP contribution >= 0.6 is 0 Å². The number of hydrogen-bond donors (Lipinski definition) is 1. The average molecular weight is 353 g/mol. The van der Waals surface area contributed by atoms with Gasteiger partial charge in [0, 0.05) is 11.3 Å². The SMILES string of the molecule is COc1ccc(-c2nnc(CNc3c(C)cc(C)cc3C)o2)cc1OC. The van der Waals surface area contributed by atoms with Crippen LogP contribution in [0, 0.1) is 20.8 Å². The average Bonchev–Trinajstić information content (AvgIpc) is 3.09. The molecule has 0 aliphatic carbocycles. The number of benzene rings is 2. The normalized spacial score (nSPS) is 10.7. The van der Waals surface area contributed by atoms with Crippen molar-refractivity contribution in [2.75, 3.05) is 19.5 Å². The number of ether oxygens (including phenoxy) is 2. The number of nitrogens with zero attached hydrogens (tertiary/aromatic N) is 2. The summed E-state index contributed by atoms with van der Waals surface area (Å²) in [5.74, 6) is 2.24. The van der Waals surface area contributed by atoms with Gasteiger partial charge in [0.05, 0.1) is 20.8 Å². The fourth-order valence-electron chi connectivity index (χ4n) is 3.03. The van der Waals surface area contributed by atoms with Gasteiger partial charge in [0.1, 0.15) is 0 Å². The van der Waals surface area contributed by atoms with E-state index < -0.39 is 0 Å². The quantitative estimate of drug-likeness (QED) is 0.713. The Morgan fingerprint density at radius 1 is 0.923 bits per heavy atom. The molecule has 3 rings (SSSR count). The van der Waals surface area contributed by atoms with Gasteiger partial charge in [0.2, 0.25) is 11.8 Å². The Morgan fingerprint density at radius 2 is 1.62 bits per heavy atom. The monoisotopic (exact) mass is 353 g/mol. The first kappa shape index (κ1) is 17.8. The maximum Gasteiger partial charge on any atom is 0.247 e. The summed E-state index contributed by atoms with van der Waals surface area (Å²) in [6.07, 6.45) is 0. The van der Waals surface area contributed by atoms with E-state index in [-0.39, 0.29) is 0 Å². The number of rotatable bonds is 6. The van der Waals surface area contributed by atoms with Crippen molar-refractivity contribution in [1.29, 1.82) is 0 Å². The molecule has 3 aromatic rings. The van der Waals surface area contributed by atoms with Gasteiger partial charge < -0.3 is 19.2 Å². The van der Waals surface area contributed by atoms with Gasteiger partial charge in [-0.2, -0.15) is 0 Å². The third-order valence-electron chi connectivity index (χ3n) is 4.19. The van der Waals surface area contributed by atoms with E-state index in [0.29, 0.717) is 29.8 Å². The van der Waals surface area contributed by atoms with E-state index in [1.165, 1.54) is 16.7 Å². The summed E-state index contributed by atoms with van der Waals surface area (Å²) in [5, 5.41) is 11.7. The molecule has 1 heterocycles. The first-order valence-electron chi connectivity index (χ1n) is 8.38. The van der Waals surface area contributed by atoms with Gasteiger partial charge in [0.15, 0.2) is 11.5 Å². The second-order valence-corrected chi connectivity index (χ2v) is 6.20. The van der Waals surface area contributed by atoms with E-state index in [9.17, 15) is 0 Å². The molecular weight excluding hydrogens is 330 g/mol. The Bertz CT molecular complexity index is 895. The highest BCUT2D eigenvalue weighted by atomic mass is 16.5. The summed E-state index contributed by atoms with van der Waals surface area (Å²) >= 11 is 0. The molecule has 1 aromatic heterocycles. The standard InChI is InChI=1S/C20H23N3O3/c1-12-8-13(2)19(14(3)9-12)21-11-18-22-23-20(26-18)15-6-7-16(24-4)17(10-15)25-5/h6-10,21H,11H2,1-5H3. The molecule has 0 atom stereocenters. The molecule has 0 unspecified atom stereocenters. The number of methoxy groups -OCH3 is 2. The molecule has 0 radical (unpaired) electrons. The zero-order valence-corrected chi connectivity index (χ0v) is 15.7. The second-order valence-electron chi connectivity index (χ2n) is 6.20. The lowest BCUT2D eigenvalue weighted by molar-refractivity contribution is 0.355. The maximum atomic E-state index is 5.79. The van der Waals surface area contributed by atoms with Gasteiger partial charge in [-0.05, 0) is 50.1 Å². The minimum Gasteiger partial charge on any atom is -0.493 e. The number of anilines is 1. The van der Waals surface area contributed by atoms with Gasteiger partial charge in [-0.15, -0.1) is 10.2 Å². The Kier molecular flexibility index (Phi) is 5.11. The van der Waals surface area contributed by atoms with Crippen LogP contribution in [0.25, 0.3) is 11.5 Å². The van der Waals surface area contributed by atoms with Crippen LogP contribution in [0.15, 0.2) is 34.7 Å². The molecule has 136 valence electrons. The summed E-state index contributed by atoms with van der Waals surface area (Å²) in [7, 11) is 3.19. The highest BCUT2D eigenvalue weighted by Gasteiger charge is 2.13. The van der Waals surface area contributed by atoms with Crippen LogP contribution in [0.1, 0.15) is 22.6 Å². The highest BCUT2D eigenvalue weighted by molar-refractivity contribution is 5.60. The molecule has 0 spiro atoms. The number of hydrogen-bond acceptors (Lipinski definition) is 6. The van der Waals surface area contributed by atoms with Crippen molar-refractivity contribution >= 4 is 5.69 Å². The molecule has 6 nitrogen and oxygen atoms in total. The van der Waals surface area contributed by atoms with Crippen molar-refractivity contribution in [1.82, 2.24) is 10.2 Å². The van der Waals surface area contributed by atoms with Crippen LogP contribution in [0.3, 0.4) is 0 Å². The Labute approximate surface area is 153 Å². The zero-order chi connectivity index (χ0) is 18.7. The summed E-state index contributed by atoms with van der Waals surface area (Å²) < 4.78 is 16.4. The molecule has 26 heavy (non-hydrogen) atoms. The van der Waals surface area contributed by atoms with Gasteiger partial charge in [0.25, 0.3) is 0 Å². The summed E-state index contributed by atoms with van der Waals surface area (Å²) in [5.41, 5.74) is 5.52. The minimum absolute atomic E-state index is 0.445. The van der Waals surface area contributed by atoms with Gasteiger partial charge in [-0.25, -0.2) is 0 Å². The van der Waals surface area contributed by atoms with E-state index in [2.05, 4.69) is 48.4 Å². The molecule has 0 fully saturated rings. The molecule has 2 aromatic carbocycles. The predicted octanol–water partition coefficient (Wildman–Crippen LogP) is 4.29. The lowest BCUT2D eigenvalue weighted by Gasteiger charge is -2.12. The second kappa shape index (κ2) is 7.47. The van der Waals surface area contributed by atoms with E-state index >= 15 is 0 Å². The Hall–Kier alpha value is -3.02. The summed E-state index contributed by atoms with van der Waals surface area (Å²) in [4.78, 5) is 0. The van der Waals surface area contributed by atoms with Crippen molar-refractivity contribution in [2.24, 2.45) is 0 Å². The van der Waals surface area contributed by atoms with Crippen molar-refractivity contribution in [3.05, 3.63) is 52.9 Å². The molecule has 6 heteroatoms. The van der Waals surface area contributed by atoms with Gasteiger partial charge in [-0.1, -0.05) is 17.7 Å². The fraction of sp³-hybridized carbons (Fsp3) is 0.300. The van der Waals surface area contributed by atoms with Crippen LogP contribution in [-0.4, -0.2) is 24.4 Å². The maximum absolute atomic E-state index is 5.79. The van der Waals surface area contributed by atoms with Crippen LogP contribution in [0.5, 0.6) is 11.5 Å². The van der Waals surface area contributed by atoms with E-state index in [0.717, 1.165) is 11.3 Å². The smallest absolute Gasteiger partial charge is 0.247 e. The Morgan fingerprint density at radius 3 is 2.27 bits per heavy atom. The largest absolute Gasteiger partial charge is 0.493 e. The first-order chi connectivity index (χ1) is 12.5. The lowest BCUT2D eigenvalue weighted by atomic mass is 10.1. The lowest BCUT2D eigenvalue weighted by Crippen LogP contribution is -2.03. The topological polar surface area (TPSA) is 69.4 Å². The molecule has 0 saturated carbocycles. The number of nitrogens with one attached hydrogen (secondary N) is 1. The molecule has 0 amide bonds. The molecule has 0 aliphatic rings. The van der Waals surface area contributed by atoms with E-state index in [1.807, 2.05) is 18.2 Å². The first-order valence-corrected chi connectivity index (χ1v) is 8.38. The molecule has 0 saturated heterocycles. The van der Waals surface area contributed by atoms with Crippen molar-refractivity contribution in [2.45, 2.75) is 27.3 Å². The van der Waals surface area contributed by atoms with Gasteiger partial charge in [-0.3, -0.25) is 0 Å². The molecular formula is C20H23N3O3. The summed E-state index contributed by atoms with van der Waals surface area (Å²) in [6.45, 7) is 6.73. The van der Waals surface area contributed by atoms with E-state index in [1.54, 1.807) is 14.2 Å². The predicted molar refractivity (Wildman–Crippen MR) is 101 cm³/mol. The third kappa shape index (κ3) is 3.64. The fourth-order valence-corrected chi connectivity index (χ4v) is 3.03. The van der Waals surface area contributed by atoms with Crippen LogP contribution in [-0.2, 0) is 6.54 Å². The van der Waals surface area contributed by atoms with Crippen molar-refractivity contribution in [3.8, 4) is 23.0 Å². The van der Waals surface area contributed by atoms with E-state index in [4.69, 9.17) is 13.9 Å². The van der Waals surface area contributed by atoms with Crippen LogP contribution in [0.4, 0.5) is 5.69 Å². The van der Waals surface area contributed by atoms with Crippen molar-refractivity contribution < 1.29 is 13.9 Å². The third-order valence-corrected chi connectivity index (χ3v) is 4.19. The molecule has 1 N–H and O–H groups in total. The molecule has 0 bridgehead atoms. The Balaban J connectivity index is 1.77. The van der Waals surface area contributed by atoms with Crippen LogP contribution in [0.2, 0.25) is 0 Å². The minimum atomic E-state index is 0.445.